The van der Waals surface area contributed by atoms with Gasteiger partial charge >= 0.3 is 0 Å². The van der Waals surface area contributed by atoms with Crippen molar-refractivity contribution in [2.45, 2.75) is 0 Å². The summed E-state index contributed by atoms with van der Waals surface area (Å²) in [6.45, 7) is 0. The lowest BCUT2D eigenvalue weighted by Gasteiger charge is -2.10. The van der Waals surface area contributed by atoms with E-state index in [1.54, 1.807) is 12.1 Å². The second-order valence-corrected chi connectivity index (χ2v) is 7.04. The molecule has 0 saturated carbocycles. The third-order valence-corrected chi connectivity index (χ3v) is 4.40. The van der Waals surface area contributed by atoms with Gasteiger partial charge in [-0.1, -0.05) is 0 Å². The van der Waals surface area contributed by atoms with Gasteiger partial charge in [-0.3, -0.25) is 29.8 Å². The molecule has 0 aliphatic rings. The summed E-state index contributed by atoms with van der Waals surface area (Å²) >= 11 is 10.1. The highest BCUT2D eigenvalue weighted by Gasteiger charge is 2.12. The van der Waals surface area contributed by atoms with Crippen LogP contribution in [-0.2, 0) is 0 Å². The number of hydrogen-bond acceptors (Lipinski definition) is 6. The molecular weight excluding hydrogens is 452 g/mol. The number of aromatic nitrogens is 2. The maximum absolute atomic E-state index is 12.3. The van der Waals surface area contributed by atoms with Gasteiger partial charge in [-0.15, -0.1) is 0 Å². The molecule has 2 aromatic heterocycles. The first-order valence-electron chi connectivity index (χ1n) is 9.03. The van der Waals surface area contributed by atoms with Crippen LogP contribution in [0.4, 0.5) is 11.4 Å². The highest BCUT2D eigenvalue weighted by Crippen LogP contribution is 2.06. The van der Waals surface area contributed by atoms with Gasteiger partial charge in [0.15, 0.2) is 10.2 Å². The van der Waals surface area contributed by atoms with Crippen LogP contribution >= 0.6 is 24.4 Å². The Balaban J connectivity index is 1.56. The minimum Gasteiger partial charge on any atom is -0.328 e. The minimum absolute atomic E-state index is 0.0548. The Hall–Kier alpha value is -4.16. The van der Waals surface area contributed by atoms with Gasteiger partial charge in [0.25, 0.3) is 22.9 Å². The van der Waals surface area contributed by atoms with Crippen molar-refractivity contribution >= 4 is 57.8 Å². The van der Waals surface area contributed by atoms with Crippen LogP contribution in [0.15, 0.2) is 70.5 Å². The Morgan fingerprint density at radius 1 is 0.656 bits per heavy atom. The fraction of sp³-hybridized carbons (Fsp3) is 0. The zero-order chi connectivity index (χ0) is 23.1. The second-order valence-electron chi connectivity index (χ2n) is 6.22. The molecule has 3 rings (SSSR count). The smallest absolute Gasteiger partial charge is 0.271 e. The van der Waals surface area contributed by atoms with Gasteiger partial charge in [0.1, 0.15) is 11.4 Å². The number of carbonyl (C=O) groups excluding carboxylic acids is 2. The Morgan fingerprint density at radius 2 is 1.03 bits per heavy atom. The third-order valence-electron chi connectivity index (χ3n) is 4.00. The number of hydrogen-bond donors (Lipinski definition) is 6. The van der Waals surface area contributed by atoms with Crippen LogP contribution in [0.1, 0.15) is 20.7 Å². The molecule has 162 valence electrons. The van der Waals surface area contributed by atoms with Crippen molar-refractivity contribution in [3.8, 4) is 0 Å². The lowest BCUT2D eigenvalue weighted by molar-refractivity contribution is 0.0965. The molecule has 0 atom stereocenters. The number of pyridine rings is 2. The number of benzene rings is 1. The molecule has 0 aliphatic heterocycles. The number of rotatable bonds is 4. The van der Waals surface area contributed by atoms with E-state index in [0.717, 1.165) is 0 Å². The normalized spacial score (nSPS) is 10.0. The molecule has 3 aromatic rings. The molecule has 6 N–H and O–H groups in total. The monoisotopic (exact) mass is 468 g/mol. The van der Waals surface area contributed by atoms with Gasteiger partial charge in [-0.25, -0.2) is 0 Å². The van der Waals surface area contributed by atoms with Crippen LogP contribution in [0.3, 0.4) is 0 Å². The molecule has 0 saturated heterocycles. The summed E-state index contributed by atoms with van der Waals surface area (Å²) in [4.78, 5) is 52.9. The summed E-state index contributed by atoms with van der Waals surface area (Å²) in [5, 5.41) is 10.1. The maximum Gasteiger partial charge on any atom is 0.271 e. The van der Waals surface area contributed by atoms with Gasteiger partial charge in [0, 0.05) is 23.5 Å². The molecule has 0 bridgehead atoms. The zero-order valence-corrected chi connectivity index (χ0v) is 17.9. The lowest BCUT2D eigenvalue weighted by Crippen LogP contribution is -2.36. The van der Waals surface area contributed by atoms with Crippen molar-refractivity contribution in [1.29, 1.82) is 0 Å². The molecule has 0 spiro atoms. The number of anilines is 2. The van der Waals surface area contributed by atoms with Crippen molar-refractivity contribution in [1.82, 2.24) is 20.6 Å². The van der Waals surface area contributed by atoms with Gasteiger partial charge in [0.2, 0.25) is 0 Å². The number of amides is 2. The molecule has 1 aromatic carbocycles. The number of nitrogens with one attached hydrogen (secondary N) is 6. The molecule has 0 radical (unpaired) electrons. The maximum atomic E-state index is 12.3. The number of aromatic amines is 2. The number of carbonyl (C=O) groups is 2. The van der Waals surface area contributed by atoms with Gasteiger partial charge < -0.3 is 20.6 Å². The fourth-order valence-electron chi connectivity index (χ4n) is 2.47. The summed E-state index contributed by atoms with van der Waals surface area (Å²) in [5.74, 6) is -1.05. The first-order valence-corrected chi connectivity index (χ1v) is 9.85. The molecule has 32 heavy (non-hydrogen) atoms. The van der Waals surface area contributed by atoms with E-state index in [4.69, 9.17) is 24.4 Å². The molecule has 0 unspecified atom stereocenters. The topological polar surface area (TPSA) is 148 Å². The zero-order valence-electron chi connectivity index (χ0n) is 16.2. The van der Waals surface area contributed by atoms with E-state index in [-0.39, 0.29) is 43.8 Å². The lowest BCUT2D eigenvalue weighted by atomic mass is 10.1. The van der Waals surface area contributed by atoms with Crippen LogP contribution in [-0.4, -0.2) is 32.0 Å². The highest BCUT2D eigenvalue weighted by molar-refractivity contribution is 7.80. The summed E-state index contributed by atoms with van der Waals surface area (Å²) in [6, 6.07) is 12.0. The van der Waals surface area contributed by atoms with Gasteiger partial charge in [0.05, 0.1) is 0 Å². The van der Waals surface area contributed by atoms with Crippen molar-refractivity contribution in [2.75, 3.05) is 10.6 Å². The summed E-state index contributed by atoms with van der Waals surface area (Å²) in [7, 11) is 0. The number of thiocarbonyl (C=S) groups is 2. The van der Waals surface area contributed by atoms with E-state index < -0.39 is 11.8 Å². The Labute approximate surface area is 191 Å². The van der Waals surface area contributed by atoms with Crippen LogP contribution in [0, 0.1) is 0 Å². The van der Waals surface area contributed by atoms with Crippen LogP contribution in [0.25, 0.3) is 0 Å². The van der Waals surface area contributed by atoms with E-state index in [9.17, 15) is 19.2 Å². The summed E-state index contributed by atoms with van der Waals surface area (Å²) < 4.78 is 0. The minimum atomic E-state index is -0.526. The predicted octanol–water partition coefficient (Wildman–Crippen LogP) is 1.32. The molecule has 10 nitrogen and oxygen atoms in total. The molecule has 12 heteroatoms. The van der Waals surface area contributed by atoms with Crippen LogP contribution < -0.4 is 32.4 Å². The largest absolute Gasteiger partial charge is 0.328 e. The van der Waals surface area contributed by atoms with Crippen molar-refractivity contribution in [3.63, 3.8) is 0 Å². The van der Waals surface area contributed by atoms with E-state index in [2.05, 4.69) is 31.2 Å². The second kappa shape index (κ2) is 10.2. The molecule has 2 heterocycles. The molecule has 0 fully saturated rings. The van der Waals surface area contributed by atoms with E-state index in [1.807, 2.05) is 0 Å². The molecule has 0 aliphatic carbocycles. The van der Waals surface area contributed by atoms with Crippen LogP contribution in [0.5, 0.6) is 0 Å². The standard InChI is InChI=1S/C20H16N6O4S2/c27-15(25-19(31)23-13-3-1-9-21-17(13)29)11-5-7-12(8-6-11)16(28)26-20(32)24-14-4-2-10-22-18(14)30/h1-10H,(H,21,29)(H,22,30)(H2,23,25,27,31)(H2,24,26,28,32). The van der Waals surface area contributed by atoms with E-state index in [1.165, 1.54) is 48.8 Å². The van der Waals surface area contributed by atoms with Crippen LogP contribution in [0.2, 0.25) is 0 Å². The Bertz CT molecular complexity index is 1200. The molecular formula is C20H16N6O4S2. The average Bonchev–Trinajstić information content (AvgIpc) is 2.77. The quantitative estimate of drug-likeness (QED) is 0.314. The highest BCUT2D eigenvalue weighted by atomic mass is 32.1. The first-order chi connectivity index (χ1) is 15.3. The first kappa shape index (κ1) is 22.5. The Morgan fingerprint density at radius 3 is 1.38 bits per heavy atom. The van der Waals surface area contributed by atoms with Gasteiger partial charge in [-0.05, 0) is 73.0 Å². The fourth-order valence-corrected chi connectivity index (χ4v) is 2.88. The summed E-state index contributed by atoms with van der Waals surface area (Å²) in [5.41, 5.74) is 0.0830. The Kier molecular flexibility index (Phi) is 7.21. The van der Waals surface area contributed by atoms with E-state index in [0.29, 0.717) is 0 Å². The van der Waals surface area contributed by atoms with Crippen molar-refractivity contribution in [2.24, 2.45) is 0 Å². The van der Waals surface area contributed by atoms with Crippen molar-refractivity contribution < 1.29 is 9.59 Å². The van der Waals surface area contributed by atoms with Gasteiger partial charge in [-0.2, -0.15) is 0 Å². The molecule has 2 amide bonds. The predicted molar refractivity (Wildman–Crippen MR) is 128 cm³/mol. The van der Waals surface area contributed by atoms with Crippen molar-refractivity contribution in [3.05, 3.63) is 92.8 Å². The van der Waals surface area contributed by atoms with E-state index >= 15 is 0 Å². The summed E-state index contributed by atoms with van der Waals surface area (Å²) in [6.07, 6.45) is 2.94. The SMILES string of the molecule is O=C(NC(=S)Nc1ccc[nH]c1=O)c1ccc(C(=O)NC(=S)Nc2ccc[nH]c2=O)cc1. The third kappa shape index (κ3) is 5.93. The number of H-pyrrole nitrogens is 2. The average molecular weight is 469 g/mol.